The zero-order valence-corrected chi connectivity index (χ0v) is 8.17. The van der Waals surface area contributed by atoms with Crippen molar-refractivity contribution in [2.45, 2.75) is 38.1 Å². The lowest BCUT2D eigenvalue weighted by molar-refractivity contribution is -0.127. The summed E-state index contributed by atoms with van der Waals surface area (Å²) in [6.07, 6.45) is 5.05. The Kier molecular flexibility index (Phi) is 3.67. The van der Waals surface area contributed by atoms with E-state index in [-0.39, 0.29) is 0 Å². The van der Waals surface area contributed by atoms with E-state index in [0.29, 0.717) is 23.7 Å². The van der Waals surface area contributed by atoms with E-state index in [1.54, 1.807) is 0 Å². The van der Waals surface area contributed by atoms with Crippen LogP contribution in [0.1, 0.15) is 32.1 Å². The molecule has 2 nitrogen and oxygen atoms in total. The molecule has 2 fully saturated rings. The molecular formula is C11H19NO. The van der Waals surface area contributed by atoms with Gasteiger partial charge in [-0.05, 0) is 31.6 Å². The van der Waals surface area contributed by atoms with Crippen molar-refractivity contribution >= 4 is 5.78 Å². The first-order chi connectivity index (χ1) is 6.27. The van der Waals surface area contributed by atoms with Gasteiger partial charge in [0.15, 0.2) is 0 Å². The van der Waals surface area contributed by atoms with Crippen LogP contribution < -0.4 is 5.73 Å². The van der Waals surface area contributed by atoms with E-state index in [9.17, 15) is 4.79 Å². The van der Waals surface area contributed by atoms with Gasteiger partial charge in [-0.15, -0.1) is 13.2 Å². The number of Topliss-reactive ketones (excluding diaryl/α,β-unsaturated/α-hetero) is 1. The van der Waals surface area contributed by atoms with Gasteiger partial charge in [0.05, 0.1) is 0 Å². The molecule has 0 aromatic rings. The van der Waals surface area contributed by atoms with Crippen LogP contribution in [0.25, 0.3) is 0 Å². The molecule has 2 aliphatic carbocycles. The molecule has 74 valence electrons. The van der Waals surface area contributed by atoms with Gasteiger partial charge in [0.1, 0.15) is 5.78 Å². The maximum Gasteiger partial charge on any atom is 0.135 e. The van der Waals surface area contributed by atoms with Gasteiger partial charge in [0.2, 0.25) is 0 Å². The molecule has 3 unspecified atom stereocenters. The lowest BCUT2D eigenvalue weighted by Gasteiger charge is -2.37. The quantitative estimate of drug-likeness (QED) is 0.580. The number of carbonyl (C=O) groups is 1. The van der Waals surface area contributed by atoms with Gasteiger partial charge in [0, 0.05) is 18.4 Å². The summed E-state index contributed by atoms with van der Waals surface area (Å²) >= 11 is 0. The summed E-state index contributed by atoms with van der Waals surface area (Å²) in [6.45, 7) is 6.00. The summed E-state index contributed by atoms with van der Waals surface area (Å²) in [6, 6.07) is 0.388. The Morgan fingerprint density at radius 1 is 1.23 bits per heavy atom. The van der Waals surface area contributed by atoms with Gasteiger partial charge >= 0.3 is 0 Å². The smallest absolute Gasteiger partial charge is 0.135 e. The summed E-state index contributed by atoms with van der Waals surface area (Å²) < 4.78 is 0. The molecule has 2 aliphatic rings. The highest BCUT2D eigenvalue weighted by atomic mass is 16.1. The average molecular weight is 181 g/mol. The van der Waals surface area contributed by atoms with Crippen molar-refractivity contribution in [3.05, 3.63) is 13.2 Å². The first kappa shape index (κ1) is 10.5. The minimum Gasteiger partial charge on any atom is -0.327 e. The molecule has 3 atom stereocenters. The van der Waals surface area contributed by atoms with E-state index < -0.39 is 0 Å². The second kappa shape index (κ2) is 4.56. The summed E-state index contributed by atoms with van der Waals surface area (Å²) in [7, 11) is 0. The third-order valence-electron chi connectivity index (χ3n) is 3.26. The van der Waals surface area contributed by atoms with Crippen LogP contribution in [0.4, 0.5) is 0 Å². The third kappa shape index (κ3) is 2.19. The Balaban J connectivity index is 0.000000396. The van der Waals surface area contributed by atoms with E-state index in [4.69, 9.17) is 5.73 Å². The fourth-order valence-electron chi connectivity index (χ4n) is 2.44. The molecular weight excluding hydrogens is 162 g/mol. The van der Waals surface area contributed by atoms with Crippen molar-refractivity contribution in [1.29, 1.82) is 0 Å². The number of rotatable bonds is 0. The van der Waals surface area contributed by atoms with Crippen LogP contribution in [0.15, 0.2) is 13.2 Å². The topological polar surface area (TPSA) is 43.1 Å². The Labute approximate surface area is 80.2 Å². The highest BCUT2D eigenvalue weighted by Crippen LogP contribution is 2.36. The summed E-state index contributed by atoms with van der Waals surface area (Å²) in [5.74, 6) is 1.54. The zero-order valence-electron chi connectivity index (χ0n) is 8.17. The predicted molar refractivity (Wildman–Crippen MR) is 54.3 cm³/mol. The van der Waals surface area contributed by atoms with E-state index in [1.807, 2.05) is 0 Å². The van der Waals surface area contributed by atoms with Crippen LogP contribution in [-0.2, 0) is 4.79 Å². The van der Waals surface area contributed by atoms with Gasteiger partial charge in [-0.3, -0.25) is 4.79 Å². The molecule has 2 N–H and O–H groups in total. The number of carbonyl (C=O) groups excluding carboxylic acids is 1. The molecule has 13 heavy (non-hydrogen) atoms. The highest BCUT2D eigenvalue weighted by molar-refractivity contribution is 5.81. The molecule has 0 aliphatic heterocycles. The van der Waals surface area contributed by atoms with Crippen molar-refractivity contribution in [3.63, 3.8) is 0 Å². The molecule has 2 heteroatoms. The van der Waals surface area contributed by atoms with Gasteiger partial charge < -0.3 is 5.73 Å². The molecule has 0 aromatic heterocycles. The fraction of sp³-hybridized carbons (Fsp3) is 0.727. The van der Waals surface area contributed by atoms with Crippen LogP contribution in [0, 0.1) is 11.8 Å². The number of ketones is 1. The van der Waals surface area contributed by atoms with E-state index in [2.05, 4.69) is 13.2 Å². The second-order valence-corrected chi connectivity index (χ2v) is 3.94. The molecule has 2 saturated carbocycles. The van der Waals surface area contributed by atoms with Gasteiger partial charge in [-0.2, -0.15) is 0 Å². The van der Waals surface area contributed by atoms with Crippen molar-refractivity contribution in [1.82, 2.24) is 0 Å². The monoisotopic (exact) mass is 181 g/mol. The Morgan fingerprint density at radius 3 is 2.62 bits per heavy atom. The first-order valence-electron chi connectivity index (χ1n) is 5.05. The van der Waals surface area contributed by atoms with Gasteiger partial charge in [0.25, 0.3) is 0 Å². The number of fused-ring (bicyclic) bond motifs is 2. The minimum absolute atomic E-state index is 0.383. The van der Waals surface area contributed by atoms with Crippen LogP contribution in [-0.4, -0.2) is 11.8 Å². The molecule has 2 bridgehead atoms. The fourth-order valence-corrected chi connectivity index (χ4v) is 2.44. The van der Waals surface area contributed by atoms with E-state index >= 15 is 0 Å². The summed E-state index contributed by atoms with van der Waals surface area (Å²) in [5, 5.41) is 0. The average Bonchev–Trinajstić information content (AvgIpc) is 2.19. The number of nitrogens with two attached hydrogens (primary N) is 1. The lowest BCUT2D eigenvalue weighted by Crippen LogP contribution is -2.41. The third-order valence-corrected chi connectivity index (χ3v) is 3.26. The SMILES string of the molecule is C=C.NC1CCC2CC1CCC2=O. The van der Waals surface area contributed by atoms with E-state index in [0.717, 1.165) is 32.1 Å². The first-order valence-corrected chi connectivity index (χ1v) is 5.05. The molecule has 0 saturated heterocycles. The Morgan fingerprint density at radius 2 is 1.92 bits per heavy atom. The van der Waals surface area contributed by atoms with Crippen molar-refractivity contribution < 1.29 is 4.79 Å². The second-order valence-electron chi connectivity index (χ2n) is 3.94. The van der Waals surface area contributed by atoms with E-state index in [1.165, 1.54) is 0 Å². The summed E-state index contributed by atoms with van der Waals surface area (Å²) in [5.41, 5.74) is 5.92. The highest BCUT2D eigenvalue weighted by Gasteiger charge is 2.35. The number of hydrogen-bond donors (Lipinski definition) is 1. The Hall–Kier alpha value is -0.630. The normalized spacial score (nSPS) is 37.6. The van der Waals surface area contributed by atoms with Crippen molar-refractivity contribution in [2.75, 3.05) is 0 Å². The maximum atomic E-state index is 11.3. The zero-order chi connectivity index (χ0) is 9.84. The molecule has 0 aromatic carbocycles. The largest absolute Gasteiger partial charge is 0.327 e. The van der Waals surface area contributed by atoms with Crippen molar-refractivity contribution in [2.24, 2.45) is 17.6 Å². The number of hydrogen-bond acceptors (Lipinski definition) is 2. The molecule has 0 spiro atoms. The molecule has 0 radical (unpaired) electrons. The summed E-state index contributed by atoms with van der Waals surface area (Å²) in [4.78, 5) is 11.3. The Bertz CT molecular complexity index is 191. The maximum absolute atomic E-state index is 11.3. The lowest BCUT2D eigenvalue weighted by atomic mass is 9.69. The van der Waals surface area contributed by atoms with Crippen LogP contribution in [0.5, 0.6) is 0 Å². The standard InChI is InChI=1S/C9H15NO.C2H4/c10-8-3-1-7-5-6(8)2-4-9(7)11;1-2/h6-8H,1-5,10H2;1-2H2. The van der Waals surface area contributed by atoms with Crippen molar-refractivity contribution in [3.8, 4) is 0 Å². The van der Waals surface area contributed by atoms with Crippen LogP contribution in [0.2, 0.25) is 0 Å². The molecule has 0 heterocycles. The van der Waals surface area contributed by atoms with Crippen LogP contribution >= 0.6 is 0 Å². The molecule has 2 rings (SSSR count). The molecule has 0 amide bonds. The predicted octanol–water partition coefficient (Wildman–Crippen LogP) is 1.90. The van der Waals surface area contributed by atoms with Gasteiger partial charge in [-0.25, -0.2) is 0 Å². The van der Waals surface area contributed by atoms with Gasteiger partial charge in [-0.1, -0.05) is 0 Å². The van der Waals surface area contributed by atoms with Crippen LogP contribution in [0.3, 0.4) is 0 Å². The minimum atomic E-state index is 0.383.